The van der Waals surface area contributed by atoms with Gasteiger partial charge in [-0.05, 0) is 24.3 Å². The highest BCUT2D eigenvalue weighted by atomic mass is 35.5. The molecule has 0 aliphatic heterocycles. The predicted octanol–water partition coefficient (Wildman–Crippen LogP) is 2.86. The maximum atomic E-state index is 10.5. The second kappa shape index (κ2) is 16.7. The smallest absolute Gasteiger partial charge is 0.216 e. The Morgan fingerprint density at radius 3 is 1.67 bits per heavy atom. The number of rotatable bonds is 6. The molecular weight excluding hydrogens is 364 g/mol. The number of carbonyl (C=O) groups excluding carboxylic acids is 2. The van der Waals surface area contributed by atoms with Crippen molar-refractivity contribution in [3.8, 4) is 0 Å². The molecule has 27 heavy (non-hydrogen) atoms. The van der Waals surface area contributed by atoms with Crippen LogP contribution in [-0.4, -0.2) is 37.3 Å². The quantitative estimate of drug-likeness (QED) is 0.345. The first-order valence-corrected chi connectivity index (χ1v) is 9.13. The topological polar surface area (TPSA) is 96.2 Å². The summed E-state index contributed by atoms with van der Waals surface area (Å²) in [5.41, 5.74) is 7.26. The van der Waals surface area contributed by atoms with Crippen LogP contribution in [0.5, 0.6) is 0 Å². The van der Waals surface area contributed by atoms with E-state index in [0.717, 1.165) is 17.9 Å². The van der Waals surface area contributed by atoms with Crippen molar-refractivity contribution in [3.63, 3.8) is 0 Å². The molecule has 0 saturated heterocycles. The molecule has 0 radical (unpaired) electrons. The second-order valence-electron chi connectivity index (χ2n) is 5.36. The first kappa shape index (κ1) is 24.3. The van der Waals surface area contributed by atoms with Gasteiger partial charge in [0.15, 0.2) is 0 Å². The first-order chi connectivity index (χ1) is 13.0. The summed E-state index contributed by atoms with van der Waals surface area (Å²) in [6.07, 6.45) is 0. The molecule has 5 N–H and O–H groups in total. The average Bonchev–Trinajstić information content (AvgIpc) is 2.66. The van der Waals surface area contributed by atoms with Gasteiger partial charge in [0.2, 0.25) is 11.8 Å². The summed E-state index contributed by atoms with van der Waals surface area (Å²) in [6.45, 7) is 4.96. The number of halogens is 1. The van der Waals surface area contributed by atoms with Crippen LogP contribution in [0, 0.1) is 0 Å². The number of anilines is 2. The Kier molecular flexibility index (Phi) is 15.0. The number of hydrogen-bond donors (Lipinski definition) is 4. The zero-order chi connectivity index (χ0) is 20.3. The molecule has 0 aliphatic rings. The third-order valence-electron chi connectivity index (χ3n) is 2.87. The maximum absolute atomic E-state index is 10.5. The highest BCUT2D eigenvalue weighted by Gasteiger charge is 1.90. The van der Waals surface area contributed by atoms with Crippen molar-refractivity contribution in [2.45, 2.75) is 13.8 Å². The first-order valence-electron chi connectivity index (χ1n) is 8.60. The van der Waals surface area contributed by atoms with Crippen molar-refractivity contribution < 1.29 is 9.59 Å². The fourth-order valence-corrected chi connectivity index (χ4v) is 1.77. The molecule has 0 saturated carbocycles. The number of amides is 2. The zero-order valence-electron chi connectivity index (χ0n) is 15.9. The van der Waals surface area contributed by atoms with Crippen molar-refractivity contribution in [3.05, 3.63) is 60.7 Å². The Labute approximate surface area is 166 Å². The number of nitrogens with one attached hydrogen (secondary N) is 3. The van der Waals surface area contributed by atoms with E-state index in [2.05, 4.69) is 16.0 Å². The highest BCUT2D eigenvalue weighted by molar-refractivity contribution is 6.18. The molecule has 7 heteroatoms. The Morgan fingerprint density at radius 2 is 1.30 bits per heavy atom. The summed E-state index contributed by atoms with van der Waals surface area (Å²) in [5.74, 6) is 0.468. The van der Waals surface area contributed by atoms with Crippen LogP contribution in [-0.2, 0) is 9.59 Å². The van der Waals surface area contributed by atoms with Gasteiger partial charge in [-0.2, -0.15) is 0 Å². The van der Waals surface area contributed by atoms with Gasteiger partial charge in [0.1, 0.15) is 0 Å². The number of benzene rings is 2. The summed E-state index contributed by atoms with van der Waals surface area (Å²) in [6, 6.07) is 19.4. The van der Waals surface area contributed by atoms with Gasteiger partial charge in [0.05, 0.1) is 0 Å². The van der Waals surface area contributed by atoms with Crippen LogP contribution in [0.1, 0.15) is 13.8 Å². The fourth-order valence-electron chi connectivity index (χ4n) is 1.68. The fraction of sp³-hybridized carbons (Fsp3) is 0.300. The van der Waals surface area contributed by atoms with E-state index in [1.165, 1.54) is 13.8 Å². The zero-order valence-corrected chi connectivity index (χ0v) is 16.6. The minimum Gasteiger partial charge on any atom is -0.399 e. The molecule has 0 bridgehead atoms. The van der Waals surface area contributed by atoms with Crippen molar-refractivity contribution in [1.29, 1.82) is 0 Å². The molecule has 2 rings (SSSR count). The Hall–Kier alpha value is -2.73. The second-order valence-corrected chi connectivity index (χ2v) is 5.74. The lowest BCUT2D eigenvalue weighted by Gasteiger charge is -2.05. The number of hydrogen-bond acceptors (Lipinski definition) is 4. The van der Waals surface area contributed by atoms with Crippen LogP contribution in [0.15, 0.2) is 60.7 Å². The van der Waals surface area contributed by atoms with Gasteiger partial charge in [-0.15, -0.1) is 11.6 Å². The summed E-state index contributed by atoms with van der Waals surface area (Å²) in [4.78, 5) is 20.5. The monoisotopic (exact) mass is 392 g/mol. The molecule has 0 spiro atoms. The van der Waals surface area contributed by atoms with E-state index in [1.54, 1.807) is 0 Å². The lowest BCUT2D eigenvalue weighted by Crippen LogP contribution is -2.26. The molecule has 2 aromatic rings. The van der Waals surface area contributed by atoms with Gasteiger partial charge in [-0.3, -0.25) is 9.59 Å². The van der Waals surface area contributed by atoms with Crippen LogP contribution < -0.4 is 21.7 Å². The van der Waals surface area contributed by atoms with E-state index in [9.17, 15) is 9.59 Å². The summed E-state index contributed by atoms with van der Waals surface area (Å²) in [7, 11) is 0. The van der Waals surface area contributed by atoms with Gasteiger partial charge in [0.25, 0.3) is 0 Å². The number of alkyl halides is 1. The molecule has 0 heterocycles. The van der Waals surface area contributed by atoms with Crippen molar-refractivity contribution in [2.75, 3.05) is 36.6 Å². The molecule has 0 aromatic heterocycles. The van der Waals surface area contributed by atoms with Gasteiger partial charge in [0, 0.05) is 50.7 Å². The summed E-state index contributed by atoms with van der Waals surface area (Å²) < 4.78 is 0. The minimum atomic E-state index is -0.0272. The van der Waals surface area contributed by atoms with Crippen molar-refractivity contribution in [1.82, 2.24) is 10.6 Å². The van der Waals surface area contributed by atoms with E-state index < -0.39 is 0 Å². The number of nitrogens with two attached hydrogens (primary N) is 1. The van der Waals surface area contributed by atoms with Crippen LogP contribution >= 0.6 is 11.6 Å². The molecule has 0 atom stereocenters. The molecule has 0 unspecified atom stereocenters. The number of para-hydroxylation sites is 2. The number of nitrogen functional groups attached to an aromatic ring is 1. The predicted molar refractivity (Wildman–Crippen MR) is 114 cm³/mol. The largest absolute Gasteiger partial charge is 0.399 e. The molecule has 2 amide bonds. The van der Waals surface area contributed by atoms with Gasteiger partial charge >= 0.3 is 0 Å². The molecule has 2 aromatic carbocycles. The summed E-state index contributed by atoms with van der Waals surface area (Å²) in [5, 5.41) is 8.42. The van der Waals surface area contributed by atoms with Crippen molar-refractivity contribution >= 4 is 34.8 Å². The van der Waals surface area contributed by atoms with E-state index in [1.807, 2.05) is 60.7 Å². The van der Waals surface area contributed by atoms with Gasteiger partial charge in [-0.1, -0.05) is 36.4 Å². The minimum absolute atomic E-state index is 0.00913. The van der Waals surface area contributed by atoms with Gasteiger partial charge in [-0.25, -0.2) is 0 Å². The normalized spacial score (nSPS) is 8.85. The van der Waals surface area contributed by atoms with Gasteiger partial charge < -0.3 is 21.7 Å². The number of carbonyl (C=O) groups is 2. The third-order valence-corrected chi connectivity index (χ3v) is 3.06. The Morgan fingerprint density at radius 1 is 0.815 bits per heavy atom. The summed E-state index contributed by atoms with van der Waals surface area (Å²) >= 11 is 5.23. The van der Waals surface area contributed by atoms with Crippen LogP contribution in [0.3, 0.4) is 0 Å². The standard InChI is InChI=1S/C10H14N2O.C6H7N.C4H8ClNO/c1-9(13)11-7-8-12-10-5-3-2-4-6-10;7-6-4-2-1-3-5-6;1-4(7)6-3-2-5/h2-6,12H,7-8H2,1H3,(H,11,13);1-5H,7H2;2-3H2,1H3,(H,6,7). The van der Waals surface area contributed by atoms with E-state index in [0.29, 0.717) is 19.0 Å². The Bertz CT molecular complexity index is 624. The van der Waals surface area contributed by atoms with Crippen LogP contribution in [0.25, 0.3) is 0 Å². The average molecular weight is 393 g/mol. The maximum Gasteiger partial charge on any atom is 0.216 e. The molecule has 0 aliphatic carbocycles. The molecular formula is C20H29ClN4O2. The van der Waals surface area contributed by atoms with E-state index >= 15 is 0 Å². The van der Waals surface area contributed by atoms with Crippen LogP contribution in [0.4, 0.5) is 11.4 Å². The highest BCUT2D eigenvalue weighted by Crippen LogP contribution is 2.03. The molecule has 6 nitrogen and oxygen atoms in total. The van der Waals surface area contributed by atoms with Crippen LogP contribution in [0.2, 0.25) is 0 Å². The van der Waals surface area contributed by atoms with E-state index in [-0.39, 0.29) is 11.8 Å². The molecule has 148 valence electrons. The Balaban J connectivity index is 0.000000410. The third kappa shape index (κ3) is 17.9. The lowest BCUT2D eigenvalue weighted by molar-refractivity contribution is -0.119. The molecule has 0 fully saturated rings. The van der Waals surface area contributed by atoms with E-state index in [4.69, 9.17) is 17.3 Å². The SMILES string of the molecule is CC(=O)NCCCl.CC(=O)NCCNc1ccccc1.Nc1ccccc1. The lowest BCUT2D eigenvalue weighted by atomic mass is 10.3. The van der Waals surface area contributed by atoms with Crippen molar-refractivity contribution in [2.24, 2.45) is 0 Å².